The summed E-state index contributed by atoms with van der Waals surface area (Å²) in [7, 11) is 3.95. The van der Waals surface area contributed by atoms with E-state index >= 15 is 0 Å². The first-order chi connectivity index (χ1) is 8.13. The highest BCUT2D eigenvalue weighted by Gasteiger charge is 2.30. The molecule has 0 radical (unpaired) electrons. The van der Waals surface area contributed by atoms with Crippen molar-refractivity contribution < 1.29 is 9.13 Å². The van der Waals surface area contributed by atoms with Crippen molar-refractivity contribution in [3.63, 3.8) is 0 Å². The van der Waals surface area contributed by atoms with Gasteiger partial charge in [-0.3, -0.25) is 0 Å². The number of nitrogens with zero attached hydrogens (tertiary/aromatic N) is 1. The van der Waals surface area contributed by atoms with Gasteiger partial charge in [0.1, 0.15) is 17.7 Å². The molecule has 94 valence electrons. The molecule has 0 bridgehead atoms. The molecule has 0 amide bonds. The molecule has 0 spiro atoms. The molecule has 0 aromatic heterocycles. The maximum absolute atomic E-state index is 13.2. The monoisotopic (exact) mass is 238 g/mol. The molecule has 1 aromatic rings. The van der Waals surface area contributed by atoms with Crippen LogP contribution in [0.25, 0.3) is 0 Å². The lowest BCUT2D eigenvalue weighted by atomic mass is 10.0. The fraction of sp³-hybridized carbons (Fsp3) is 0.538. The van der Waals surface area contributed by atoms with Crippen LogP contribution in [0, 0.1) is 5.82 Å². The first-order valence-corrected chi connectivity index (χ1v) is 5.97. The number of benzene rings is 1. The van der Waals surface area contributed by atoms with E-state index in [1.165, 1.54) is 12.1 Å². The second-order valence-corrected chi connectivity index (χ2v) is 4.51. The fourth-order valence-electron chi connectivity index (χ4n) is 2.19. The van der Waals surface area contributed by atoms with E-state index in [0.29, 0.717) is 11.8 Å². The SMILES string of the molecule is CNCCC1Oc2cc(F)ccc2N(C)C1C. The van der Waals surface area contributed by atoms with Gasteiger partial charge in [-0.2, -0.15) is 0 Å². The van der Waals surface area contributed by atoms with Crippen molar-refractivity contribution in [3.05, 3.63) is 24.0 Å². The van der Waals surface area contributed by atoms with Crippen LogP contribution in [0.15, 0.2) is 18.2 Å². The Morgan fingerprint density at radius 3 is 2.94 bits per heavy atom. The standard InChI is InChI=1S/C13H19FN2O/c1-9-12(6-7-15-2)17-13-8-10(14)4-5-11(13)16(9)3/h4-5,8-9,12,15H,6-7H2,1-3H3. The Hall–Kier alpha value is -1.29. The number of nitrogens with one attached hydrogen (secondary N) is 1. The number of anilines is 1. The third-order valence-electron chi connectivity index (χ3n) is 3.41. The highest BCUT2D eigenvalue weighted by molar-refractivity contribution is 5.60. The van der Waals surface area contributed by atoms with Crippen molar-refractivity contribution in [3.8, 4) is 5.75 Å². The van der Waals surface area contributed by atoms with Crippen molar-refractivity contribution in [1.82, 2.24) is 5.32 Å². The van der Waals surface area contributed by atoms with Crippen LogP contribution in [0.3, 0.4) is 0 Å². The largest absolute Gasteiger partial charge is 0.486 e. The molecule has 1 aliphatic rings. The predicted molar refractivity (Wildman–Crippen MR) is 67.2 cm³/mol. The summed E-state index contributed by atoms with van der Waals surface area (Å²) in [4.78, 5) is 2.15. The number of hydrogen-bond acceptors (Lipinski definition) is 3. The summed E-state index contributed by atoms with van der Waals surface area (Å²) in [6, 6.07) is 5.00. The van der Waals surface area contributed by atoms with E-state index in [1.807, 2.05) is 14.1 Å². The summed E-state index contributed by atoms with van der Waals surface area (Å²) in [6.45, 7) is 3.03. The maximum Gasteiger partial charge on any atom is 0.146 e. The van der Waals surface area contributed by atoms with Crippen molar-refractivity contribution in [2.24, 2.45) is 0 Å². The third kappa shape index (κ3) is 2.36. The van der Waals surface area contributed by atoms with Gasteiger partial charge < -0.3 is 15.0 Å². The molecule has 0 aliphatic carbocycles. The van der Waals surface area contributed by atoms with Crippen molar-refractivity contribution in [1.29, 1.82) is 0 Å². The Morgan fingerprint density at radius 1 is 1.47 bits per heavy atom. The lowest BCUT2D eigenvalue weighted by Gasteiger charge is -2.39. The smallest absolute Gasteiger partial charge is 0.146 e. The van der Waals surface area contributed by atoms with Gasteiger partial charge in [0.2, 0.25) is 0 Å². The zero-order valence-corrected chi connectivity index (χ0v) is 10.5. The minimum absolute atomic E-state index is 0.0988. The molecule has 3 nitrogen and oxygen atoms in total. The van der Waals surface area contributed by atoms with E-state index in [0.717, 1.165) is 18.7 Å². The first-order valence-electron chi connectivity index (χ1n) is 5.97. The van der Waals surface area contributed by atoms with Gasteiger partial charge in [-0.15, -0.1) is 0 Å². The summed E-state index contributed by atoms with van der Waals surface area (Å²) >= 11 is 0. The van der Waals surface area contributed by atoms with Gasteiger partial charge in [-0.25, -0.2) is 4.39 Å². The number of hydrogen-bond donors (Lipinski definition) is 1. The van der Waals surface area contributed by atoms with E-state index < -0.39 is 0 Å². The highest BCUT2D eigenvalue weighted by atomic mass is 19.1. The zero-order chi connectivity index (χ0) is 12.4. The number of halogens is 1. The number of ether oxygens (including phenoxy) is 1. The fourth-order valence-corrected chi connectivity index (χ4v) is 2.19. The normalized spacial score (nSPS) is 23.2. The lowest BCUT2D eigenvalue weighted by molar-refractivity contribution is 0.151. The molecular formula is C13H19FN2O. The molecule has 2 rings (SSSR count). The predicted octanol–water partition coefficient (Wildman–Crippen LogP) is 2.02. The number of likely N-dealkylation sites (N-methyl/N-ethyl adjacent to an activating group) is 1. The van der Waals surface area contributed by atoms with Gasteiger partial charge in [0, 0.05) is 13.1 Å². The molecule has 0 saturated carbocycles. The molecule has 1 aromatic carbocycles. The van der Waals surface area contributed by atoms with Crippen LogP contribution < -0.4 is 15.0 Å². The average Bonchev–Trinajstić information content (AvgIpc) is 2.31. The van der Waals surface area contributed by atoms with Gasteiger partial charge >= 0.3 is 0 Å². The summed E-state index contributed by atoms with van der Waals surface area (Å²) < 4.78 is 19.1. The summed E-state index contributed by atoms with van der Waals surface area (Å²) in [5.74, 6) is 0.394. The molecule has 1 N–H and O–H groups in total. The van der Waals surface area contributed by atoms with E-state index in [1.54, 1.807) is 6.07 Å². The van der Waals surface area contributed by atoms with Crippen LogP contribution in [0.5, 0.6) is 5.75 Å². The van der Waals surface area contributed by atoms with Crippen LogP contribution in [0.2, 0.25) is 0 Å². The third-order valence-corrected chi connectivity index (χ3v) is 3.41. The minimum atomic E-state index is -0.251. The number of fused-ring (bicyclic) bond motifs is 1. The van der Waals surface area contributed by atoms with Crippen molar-refractivity contribution in [2.75, 3.05) is 25.5 Å². The number of rotatable bonds is 3. The average molecular weight is 238 g/mol. The molecule has 0 fully saturated rings. The summed E-state index contributed by atoms with van der Waals surface area (Å²) in [5.41, 5.74) is 0.958. The highest BCUT2D eigenvalue weighted by Crippen LogP contribution is 2.36. The van der Waals surface area contributed by atoms with E-state index in [2.05, 4.69) is 17.1 Å². The van der Waals surface area contributed by atoms with Crippen LogP contribution in [0.1, 0.15) is 13.3 Å². The summed E-state index contributed by atoms with van der Waals surface area (Å²) in [6.07, 6.45) is 1.01. The quantitative estimate of drug-likeness (QED) is 0.872. The minimum Gasteiger partial charge on any atom is -0.486 e. The van der Waals surface area contributed by atoms with Gasteiger partial charge in [-0.05, 0) is 39.1 Å². The summed E-state index contributed by atoms with van der Waals surface area (Å²) in [5, 5.41) is 3.11. The Balaban J connectivity index is 2.23. The van der Waals surface area contributed by atoms with Gasteiger partial charge in [0.05, 0.1) is 11.7 Å². The zero-order valence-electron chi connectivity index (χ0n) is 10.5. The van der Waals surface area contributed by atoms with Crippen LogP contribution in [-0.2, 0) is 0 Å². The molecule has 1 aliphatic heterocycles. The molecular weight excluding hydrogens is 219 g/mol. The van der Waals surface area contributed by atoms with Crippen LogP contribution in [-0.4, -0.2) is 32.8 Å². The second kappa shape index (κ2) is 4.92. The Morgan fingerprint density at radius 2 is 2.24 bits per heavy atom. The Kier molecular flexibility index (Phi) is 3.52. The van der Waals surface area contributed by atoms with E-state index in [-0.39, 0.29) is 11.9 Å². The molecule has 4 heteroatoms. The molecule has 1 heterocycles. The molecule has 17 heavy (non-hydrogen) atoms. The van der Waals surface area contributed by atoms with Gasteiger partial charge in [-0.1, -0.05) is 0 Å². The van der Waals surface area contributed by atoms with Crippen molar-refractivity contribution >= 4 is 5.69 Å². The van der Waals surface area contributed by atoms with Crippen LogP contribution in [0.4, 0.5) is 10.1 Å². The van der Waals surface area contributed by atoms with Crippen molar-refractivity contribution in [2.45, 2.75) is 25.5 Å². The maximum atomic E-state index is 13.2. The Bertz CT molecular complexity index is 397. The topological polar surface area (TPSA) is 24.5 Å². The van der Waals surface area contributed by atoms with E-state index in [4.69, 9.17) is 4.74 Å². The second-order valence-electron chi connectivity index (χ2n) is 4.51. The molecule has 2 atom stereocenters. The van der Waals surface area contributed by atoms with Gasteiger partial charge in [0.25, 0.3) is 0 Å². The lowest BCUT2D eigenvalue weighted by Crippen LogP contribution is -2.46. The van der Waals surface area contributed by atoms with E-state index in [9.17, 15) is 4.39 Å². The van der Waals surface area contributed by atoms with Crippen LogP contribution >= 0.6 is 0 Å². The van der Waals surface area contributed by atoms with Gasteiger partial charge in [0.15, 0.2) is 0 Å². The Labute approximate surface area is 102 Å². The first kappa shape index (κ1) is 12.2. The molecule has 0 saturated heterocycles. The molecule has 2 unspecified atom stereocenters.